The number of anilines is 1. The third-order valence-electron chi connectivity index (χ3n) is 2.06. The molecule has 0 atom stereocenters. The van der Waals surface area contributed by atoms with Gasteiger partial charge in [-0.15, -0.1) is 0 Å². The van der Waals surface area contributed by atoms with Gasteiger partial charge in [-0.05, 0) is 37.1 Å². The molecule has 0 heterocycles. The molecule has 0 bridgehead atoms. The van der Waals surface area contributed by atoms with Crippen LogP contribution in [0.15, 0.2) is 28.7 Å². The number of halogens is 1. The Kier molecular flexibility index (Phi) is 2.65. The largest absolute Gasteiger partial charge is 0.350 e. The van der Waals surface area contributed by atoms with E-state index in [1.165, 1.54) is 12.8 Å². The second-order valence-corrected chi connectivity index (χ2v) is 4.63. The van der Waals surface area contributed by atoms with E-state index in [1.807, 2.05) is 24.3 Å². The van der Waals surface area contributed by atoms with Crippen LogP contribution in [-0.4, -0.2) is 4.99 Å². The molecule has 0 aliphatic heterocycles. The predicted octanol–water partition coefficient (Wildman–Crippen LogP) is 3.60. The summed E-state index contributed by atoms with van der Waals surface area (Å²) in [6.07, 6.45) is 2.50. The van der Waals surface area contributed by atoms with Crippen LogP contribution >= 0.6 is 28.1 Å². The van der Waals surface area contributed by atoms with Crippen LogP contribution in [-0.2, 0) is 0 Å². The van der Waals surface area contributed by atoms with Crippen molar-refractivity contribution in [2.24, 2.45) is 5.92 Å². The molecule has 1 saturated carbocycles. The Morgan fingerprint density at radius 2 is 1.92 bits per heavy atom. The fraction of sp³-hybridized carbons (Fsp3) is 0.300. The Labute approximate surface area is 91.7 Å². The van der Waals surface area contributed by atoms with E-state index in [2.05, 4.69) is 21.2 Å². The first kappa shape index (κ1) is 9.16. The number of hydrogen-bond acceptors (Lipinski definition) is 1. The minimum absolute atomic E-state index is 0.638. The number of thiocarbonyl (C=S) groups is 1. The van der Waals surface area contributed by atoms with Crippen molar-refractivity contribution in [1.29, 1.82) is 0 Å². The predicted molar refractivity (Wildman–Crippen MR) is 63.1 cm³/mol. The molecule has 2 rings (SSSR count). The van der Waals surface area contributed by atoms with E-state index < -0.39 is 0 Å². The SMILES string of the molecule is S=C(Nc1ccc(Br)cc1)C1CC1. The van der Waals surface area contributed by atoms with E-state index >= 15 is 0 Å². The van der Waals surface area contributed by atoms with Gasteiger partial charge in [0, 0.05) is 16.1 Å². The van der Waals surface area contributed by atoms with Crippen LogP contribution in [0.25, 0.3) is 0 Å². The highest BCUT2D eigenvalue weighted by Crippen LogP contribution is 2.31. The molecule has 1 aromatic rings. The quantitative estimate of drug-likeness (QED) is 0.811. The first-order valence-corrected chi connectivity index (χ1v) is 5.52. The molecule has 1 aromatic carbocycles. The normalized spacial score (nSPS) is 15.5. The van der Waals surface area contributed by atoms with E-state index in [4.69, 9.17) is 12.2 Å². The molecule has 0 radical (unpaired) electrons. The highest BCUT2D eigenvalue weighted by atomic mass is 79.9. The van der Waals surface area contributed by atoms with Crippen molar-refractivity contribution in [2.45, 2.75) is 12.8 Å². The topological polar surface area (TPSA) is 12.0 Å². The summed E-state index contributed by atoms with van der Waals surface area (Å²) in [4.78, 5) is 0.988. The maximum atomic E-state index is 5.23. The summed E-state index contributed by atoms with van der Waals surface area (Å²) in [5.41, 5.74) is 1.08. The van der Waals surface area contributed by atoms with Crippen LogP contribution in [0, 0.1) is 5.92 Å². The number of nitrogens with one attached hydrogen (secondary N) is 1. The maximum Gasteiger partial charge on any atom is 0.0828 e. The van der Waals surface area contributed by atoms with Gasteiger partial charge in [-0.1, -0.05) is 28.1 Å². The lowest BCUT2D eigenvalue weighted by Gasteiger charge is -2.05. The molecule has 1 aliphatic rings. The van der Waals surface area contributed by atoms with Crippen LogP contribution in [0.5, 0.6) is 0 Å². The second kappa shape index (κ2) is 3.76. The van der Waals surface area contributed by atoms with Crippen molar-refractivity contribution in [3.05, 3.63) is 28.7 Å². The summed E-state index contributed by atoms with van der Waals surface area (Å²) in [7, 11) is 0. The zero-order valence-corrected chi connectivity index (χ0v) is 9.49. The molecule has 3 heteroatoms. The summed E-state index contributed by atoms with van der Waals surface area (Å²) in [6.45, 7) is 0. The van der Waals surface area contributed by atoms with Crippen molar-refractivity contribution in [3.8, 4) is 0 Å². The molecule has 1 N–H and O–H groups in total. The van der Waals surface area contributed by atoms with Gasteiger partial charge in [-0.2, -0.15) is 0 Å². The summed E-state index contributed by atoms with van der Waals surface area (Å²) >= 11 is 8.62. The molecule has 13 heavy (non-hydrogen) atoms. The third kappa shape index (κ3) is 2.51. The average molecular weight is 256 g/mol. The first-order valence-electron chi connectivity index (χ1n) is 4.32. The lowest BCUT2D eigenvalue weighted by atomic mass is 10.3. The summed E-state index contributed by atoms with van der Waals surface area (Å²) in [6, 6.07) is 8.08. The molecular formula is C10H10BrNS. The van der Waals surface area contributed by atoms with Crippen molar-refractivity contribution >= 4 is 38.8 Å². The highest BCUT2D eigenvalue weighted by Gasteiger charge is 2.25. The number of rotatable bonds is 2. The van der Waals surface area contributed by atoms with Crippen LogP contribution in [0.3, 0.4) is 0 Å². The Morgan fingerprint density at radius 3 is 2.46 bits per heavy atom. The average Bonchev–Trinajstić information content (AvgIpc) is 2.91. The van der Waals surface area contributed by atoms with Crippen molar-refractivity contribution in [3.63, 3.8) is 0 Å². The molecule has 1 nitrogen and oxygen atoms in total. The molecule has 0 amide bonds. The van der Waals surface area contributed by atoms with Crippen molar-refractivity contribution < 1.29 is 0 Å². The molecule has 0 saturated heterocycles. The molecule has 68 valence electrons. The zero-order valence-electron chi connectivity index (χ0n) is 7.09. The molecular weight excluding hydrogens is 246 g/mol. The summed E-state index contributed by atoms with van der Waals surface area (Å²) in [5.74, 6) is 0.638. The lowest BCUT2D eigenvalue weighted by molar-refractivity contribution is 1.22. The molecule has 1 fully saturated rings. The van der Waals surface area contributed by atoms with E-state index in [1.54, 1.807) is 0 Å². The van der Waals surface area contributed by atoms with Gasteiger partial charge in [0.15, 0.2) is 0 Å². The van der Waals surface area contributed by atoms with Gasteiger partial charge in [-0.3, -0.25) is 0 Å². The highest BCUT2D eigenvalue weighted by molar-refractivity contribution is 9.10. The maximum absolute atomic E-state index is 5.23. The van der Waals surface area contributed by atoms with E-state index in [-0.39, 0.29) is 0 Å². The Bertz CT molecular complexity index is 316. The van der Waals surface area contributed by atoms with Crippen molar-refractivity contribution in [1.82, 2.24) is 0 Å². The Balaban J connectivity index is 2.00. The molecule has 0 unspecified atom stereocenters. The molecule has 1 aliphatic carbocycles. The van der Waals surface area contributed by atoms with Gasteiger partial charge in [-0.25, -0.2) is 0 Å². The first-order chi connectivity index (χ1) is 6.25. The van der Waals surface area contributed by atoms with Crippen LogP contribution in [0.1, 0.15) is 12.8 Å². The Morgan fingerprint density at radius 1 is 1.31 bits per heavy atom. The van der Waals surface area contributed by atoms with Crippen molar-refractivity contribution in [2.75, 3.05) is 5.32 Å². The van der Waals surface area contributed by atoms with Crippen LogP contribution in [0.2, 0.25) is 0 Å². The monoisotopic (exact) mass is 255 g/mol. The molecule has 0 aromatic heterocycles. The third-order valence-corrected chi connectivity index (χ3v) is 3.02. The lowest BCUT2D eigenvalue weighted by Crippen LogP contribution is -2.10. The van der Waals surface area contributed by atoms with Gasteiger partial charge in [0.05, 0.1) is 4.99 Å². The Hall–Kier alpha value is -0.410. The van der Waals surface area contributed by atoms with Gasteiger partial charge < -0.3 is 5.32 Å². The number of benzene rings is 1. The van der Waals surface area contributed by atoms with Gasteiger partial charge >= 0.3 is 0 Å². The van der Waals surface area contributed by atoms with Gasteiger partial charge in [0.1, 0.15) is 0 Å². The fourth-order valence-electron chi connectivity index (χ4n) is 1.12. The minimum Gasteiger partial charge on any atom is -0.350 e. The van der Waals surface area contributed by atoms with Crippen LogP contribution in [0.4, 0.5) is 5.69 Å². The van der Waals surface area contributed by atoms with Gasteiger partial charge in [0.2, 0.25) is 0 Å². The fourth-order valence-corrected chi connectivity index (χ4v) is 1.74. The molecule has 0 spiro atoms. The summed E-state index contributed by atoms with van der Waals surface area (Å²) in [5, 5.41) is 3.24. The van der Waals surface area contributed by atoms with E-state index in [9.17, 15) is 0 Å². The minimum atomic E-state index is 0.638. The van der Waals surface area contributed by atoms with Gasteiger partial charge in [0.25, 0.3) is 0 Å². The summed E-state index contributed by atoms with van der Waals surface area (Å²) < 4.78 is 1.09. The van der Waals surface area contributed by atoms with Crippen LogP contribution < -0.4 is 5.32 Å². The smallest absolute Gasteiger partial charge is 0.0828 e. The second-order valence-electron chi connectivity index (χ2n) is 3.27. The standard InChI is InChI=1S/C10H10BrNS/c11-8-3-5-9(6-4-8)12-10(13)7-1-2-7/h3-7H,1-2H2,(H,12,13). The van der Waals surface area contributed by atoms with E-state index in [0.717, 1.165) is 15.1 Å². The van der Waals surface area contributed by atoms with E-state index in [0.29, 0.717) is 5.92 Å². The number of hydrogen-bond donors (Lipinski definition) is 1. The zero-order chi connectivity index (χ0) is 9.26.